The van der Waals surface area contributed by atoms with Crippen LogP contribution in [-0.2, 0) is 0 Å². The van der Waals surface area contributed by atoms with E-state index in [9.17, 15) is 0 Å². The van der Waals surface area contributed by atoms with E-state index in [1.807, 2.05) is 30.3 Å². The standard InChI is InChI=1S/C16H12ClN5O2/c17-10-2-1-3-11(6-10)19-15-8-18-22-16(21-15)20-12-4-5-13-14(7-12)24-9-23-13/h1-8H,9H2,(H2,19,20,21,22). The van der Waals surface area contributed by atoms with Crippen LogP contribution in [0.4, 0.5) is 23.1 Å². The van der Waals surface area contributed by atoms with Crippen LogP contribution in [0.1, 0.15) is 0 Å². The van der Waals surface area contributed by atoms with E-state index in [2.05, 4.69) is 25.8 Å². The molecular formula is C16H12ClN5O2. The predicted octanol–water partition coefficient (Wildman–Crippen LogP) is 3.74. The molecule has 120 valence electrons. The molecule has 0 fully saturated rings. The first-order chi connectivity index (χ1) is 11.8. The molecule has 3 aromatic rings. The maximum Gasteiger partial charge on any atom is 0.249 e. The fourth-order valence-electron chi connectivity index (χ4n) is 2.23. The summed E-state index contributed by atoms with van der Waals surface area (Å²) in [6.45, 7) is 0.232. The second kappa shape index (κ2) is 6.21. The predicted molar refractivity (Wildman–Crippen MR) is 90.4 cm³/mol. The van der Waals surface area contributed by atoms with Crippen LogP contribution in [0, 0.1) is 0 Å². The van der Waals surface area contributed by atoms with Gasteiger partial charge in [0.25, 0.3) is 0 Å². The summed E-state index contributed by atoms with van der Waals surface area (Å²) in [5.74, 6) is 2.31. The zero-order valence-electron chi connectivity index (χ0n) is 12.4. The molecule has 1 aliphatic rings. The summed E-state index contributed by atoms with van der Waals surface area (Å²) in [5.41, 5.74) is 1.60. The van der Waals surface area contributed by atoms with Crippen molar-refractivity contribution in [3.05, 3.63) is 53.7 Å². The van der Waals surface area contributed by atoms with Gasteiger partial charge in [-0.05, 0) is 30.3 Å². The van der Waals surface area contributed by atoms with Crippen LogP contribution in [0.15, 0.2) is 48.7 Å². The van der Waals surface area contributed by atoms with Gasteiger partial charge < -0.3 is 20.1 Å². The zero-order chi connectivity index (χ0) is 16.4. The Bertz CT molecular complexity index is 890. The average molecular weight is 342 g/mol. The third kappa shape index (κ3) is 3.16. The maximum atomic E-state index is 5.97. The Morgan fingerprint density at radius 2 is 1.83 bits per heavy atom. The Kier molecular flexibility index (Phi) is 3.76. The monoisotopic (exact) mass is 341 g/mol. The summed E-state index contributed by atoms with van der Waals surface area (Å²) < 4.78 is 10.6. The van der Waals surface area contributed by atoms with Gasteiger partial charge >= 0.3 is 0 Å². The largest absolute Gasteiger partial charge is 0.454 e. The van der Waals surface area contributed by atoms with E-state index in [1.54, 1.807) is 12.1 Å². The minimum Gasteiger partial charge on any atom is -0.454 e. The molecule has 4 rings (SSSR count). The number of ether oxygens (including phenoxy) is 2. The minimum atomic E-state index is 0.232. The number of fused-ring (bicyclic) bond motifs is 1. The molecule has 2 N–H and O–H groups in total. The average Bonchev–Trinajstić information content (AvgIpc) is 3.03. The molecule has 24 heavy (non-hydrogen) atoms. The molecule has 2 heterocycles. The highest BCUT2D eigenvalue weighted by molar-refractivity contribution is 6.30. The normalized spacial score (nSPS) is 12.0. The molecule has 0 radical (unpaired) electrons. The first-order valence-corrected chi connectivity index (χ1v) is 7.53. The van der Waals surface area contributed by atoms with Gasteiger partial charge in [0.15, 0.2) is 17.3 Å². The summed E-state index contributed by atoms with van der Waals surface area (Å²) in [7, 11) is 0. The minimum absolute atomic E-state index is 0.232. The third-order valence-corrected chi connectivity index (χ3v) is 3.52. The summed E-state index contributed by atoms with van der Waals surface area (Å²) in [6.07, 6.45) is 1.53. The first kappa shape index (κ1) is 14.5. The molecule has 1 aromatic heterocycles. The summed E-state index contributed by atoms with van der Waals surface area (Å²) in [5, 5.41) is 14.8. The van der Waals surface area contributed by atoms with Gasteiger partial charge in [0.1, 0.15) is 0 Å². The Morgan fingerprint density at radius 1 is 0.958 bits per heavy atom. The van der Waals surface area contributed by atoms with Crippen LogP contribution in [0.25, 0.3) is 0 Å². The van der Waals surface area contributed by atoms with Crippen LogP contribution >= 0.6 is 11.6 Å². The summed E-state index contributed by atoms with van der Waals surface area (Å²) >= 11 is 5.97. The molecule has 1 aliphatic heterocycles. The Morgan fingerprint density at radius 3 is 2.75 bits per heavy atom. The number of nitrogens with one attached hydrogen (secondary N) is 2. The second-order valence-corrected chi connectivity index (χ2v) is 5.43. The lowest BCUT2D eigenvalue weighted by atomic mass is 10.3. The molecule has 0 atom stereocenters. The van der Waals surface area contributed by atoms with E-state index in [4.69, 9.17) is 21.1 Å². The van der Waals surface area contributed by atoms with E-state index >= 15 is 0 Å². The van der Waals surface area contributed by atoms with Crippen LogP contribution in [0.3, 0.4) is 0 Å². The molecule has 7 nitrogen and oxygen atoms in total. The number of benzene rings is 2. The molecule has 0 bridgehead atoms. The summed E-state index contributed by atoms with van der Waals surface area (Å²) in [6, 6.07) is 12.8. The van der Waals surface area contributed by atoms with Crippen LogP contribution in [-0.4, -0.2) is 22.0 Å². The Balaban J connectivity index is 1.52. The van der Waals surface area contributed by atoms with Crippen molar-refractivity contribution < 1.29 is 9.47 Å². The van der Waals surface area contributed by atoms with Crippen molar-refractivity contribution in [1.29, 1.82) is 0 Å². The van der Waals surface area contributed by atoms with Crippen molar-refractivity contribution in [3.8, 4) is 11.5 Å². The molecule has 0 aliphatic carbocycles. The third-order valence-electron chi connectivity index (χ3n) is 3.28. The van der Waals surface area contributed by atoms with E-state index in [1.165, 1.54) is 6.20 Å². The second-order valence-electron chi connectivity index (χ2n) is 4.99. The number of hydrogen-bond donors (Lipinski definition) is 2. The number of aromatic nitrogens is 3. The van der Waals surface area contributed by atoms with Gasteiger partial charge in [-0.1, -0.05) is 17.7 Å². The zero-order valence-corrected chi connectivity index (χ0v) is 13.1. The maximum absolute atomic E-state index is 5.97. The molecular weight excluding hydrogens is 330 g/mol. The molecule has 0 unspecified atom stereocenters. The SMILES string of the molecule is Clc1cccc(Nc2cnnc(Nc3ccc4c(c3)OCO4)n2)c1. The first-order valence-electron chi connectivity index (χ1n) is 7.15. The highest BCUT2D eigenvalue weighted by atomic mass is 35.5. The van der Waals surface area contributed by atoms with Gasteiger partial charge in [-0.3, -0.25) is 0 Å². The fourth-order valence-corrected chi connectivity index (χ4v) is 2.42. The van der Waals surface area contributed by atoms with Crippen molar-refractivity contribution in [2.75, 3.05) is 17.4 Å². The van der Waals surface area contributed by atoms with E-state index in [0.29, 0.717) is 22.5 Å². The Labute approximate surface area is 142 Å². The molecule has 2 aromatic carbocycles. The van der Waals surface area contributed by atoms with Crippen molar-refractivity contribution in [3.63, 3.8) is 0 Å². The summed E-state index contributed by atoms with van der Waals surface area (Å²) in [4.78, 5) is 4.38. The lowest BCUT2D eigenvalue weighted by molar-refractivity contribution is 0.174. The number of rotatable bonds is 4. The van der Waals surface area contributed by atoms with Crippen LogP contribution in [0.2, 0.25) is 5.02 Å². The van der Waals surface area contributed by atoms with Gasteiger partial charge in [-0.2, -0.15) is 10.1 Å². The number of halogens is 1. The van der Waals surface area contributed by atoms with Crippen molar-refractivity contribution in [2.24, 2.45) is 0 Å². The van der Waals surface area contributed by atoms with E-state index in [0.717, 1.165) is 17.1 Å². The smallest absolute Gasteiger partial charge is 0.249 e. The number of hydrogen-bond acceptors (Lipinski definition) is 7. The van der Waals surface area contributed by atoms with Crippen molar-refractivity contribution >= 4 is 34.7 Å². The van der Waals surface area contributed by atoms with Gasteiger partial charge in [0.05, 0.1) is 6.20 Å². The van der Waals surface area contributed by atoms with Crippen LogP contribution in [0.5, 0.6) is 11.5 Å². The lowest BCUT2D eigenvalue weighted by Crippen LogP contribution is -2.02. The fraction of sp³-hybridized carbons (Fsp3) is 0.0625. The lowest BCUT2D eigenvalue weighted by Gasteiger charge is -2.08. The molecule has 0 spiro atoms. The topological polar surface area (TPSA) is 81.2 Å². The number of nitrogens with zero attached hydrogens (tertiary/aromatic N) is 3. The molecule has 8 heteroatoms. The molecule has 0 saturated carbocycles. The molecule has 0 saturated heterocycles. The van der Waals surface area contributed by atoms with Gasteiger partial charge in [0, 0.05) is 22.5 Å². The number of anilines is 4. The highest BCUT2D eigenvalue weighted by Crippen LogP contribution is 2.34. The van der Waals surface area contributed by atoms with Crippen LogP contribution < -0.4 is 20.1 Å². The quantitative estimate of drug-likeness (QED) is 0.748. The van der Waals surface area contributed by atoms with Crippen molar-refractivity contribution in [2.45, 2.75) is 0 Å². The molecule has 0 amide bonds. The highest BCUT2D eigenvalue weighted by Gasteiger charge is 2.13. The van der Waals surface area contributed by atoms with Gasteiger partial charge in [0.2, 0.25) is 12.7 Å². The van der Waals surface area contributed by atoms with E-state index in [-0.39, 0.29) is 6.79 Å². The van der Waals surface area contributed by atoms with Gasteiger partial charge in [-0.25, -0.2) is 0 Å². The Hall–Kier alpha value is -3.06. The van der Waals surface area contributed by atoms with Crippen molar-refractivity contribution in [1.82, 2.24) is 15.2 Å². The van der Waals surface area contributed by atoms with Gasteiger partial charge in [-0.15, -0.1) is 5.10 Å². The van der Waals surface area contributed by atoms with E-state index < -0.39 is 0 Å².